The molecule has 0 spiro atoms. The lowest BCUT2D eigenvalue weighted by Gasteiger charge is -2.34. The van der Waals surface area contributed by atoms with Crippen molar-refractivity contribution >= 4 is 71.3 Å². The maximum absolute atomic E-state index is 6.19. The third-order valence-corrected chi connectivity index (χ3v) is 12.8. The summed E-state index contributed by atoms with van der Waals surface area (Å²) in [5.41, 5.74) is 15.0. The molecule has 1 aliphatic rings. The highest BCUT2D eigenvalue weighted by molar-refractivity contribution is 6.09. The van der Waals surface area contributed by atoms with Crippen LogP contribution in [-0.4, -0.2) is 0 Å². The topological polar surface area (TPSA) is 16.4 Å². The van der Waals surface area contributed by atoms with Crippen molar-refractivity contribution in [2.24, 2.45) is 0 Å². The van der Waals surface area contributed by atoms with Gasteiger partial charge in [-0.3, -0.25) is 0 Å². The molecule has 2 heteroatoms. The maximum Gasteiger partial charge on any atom is 0.135 e. The molecule has 59 heavy (non-hydrogen) atoms. The van der Waals surface area contributed by atoms with Gasteiger partial charge in [0.15, 0.2) is 0 Å². The van der Waals surface area contributed by atoms with Gasteiger partial charge in [-0.1, -0.05) is 153 Å². The lowest BCUT2D eigenvalue weighted by Crippen LogP contribution is -2.21. The number of hydrogen-bond acceptors (Lipinski definition) is 2. The summed E-state index contributed by atoms with van der Waals surface area (Å²) in [4.78, 5) is 2.53. The van der Waals surface area contributed by atoms with Crippen molar-refractivity contribution < 1.29 is 4.42 Å². The zero-order valence-corrected chi connectivity index (χ0v) is 32.9. The van der Waals surface area contributed by atoms with E-state index in [4.69, 9.17) is 4.42 Å². The van der Waals surface area contributed by atoms with Crippen LogP contribution < -0.4 is 4.90 Å². The fourth-order valence-corrected chi connectivity index (χ4v) is 9.93. The summed E-state index contributed by atoms with van der Waals surface area (Å²) in [5, 5.41) is 9.72. The van der Waals surface area contributed by atoms with Crippen LogP contribution in [0.1, 0.15) is 25.0 Å². The van der Waals surface area contributed by atoms with Crippen LogP contribution in [0.5, 0.6) is 0 Å². The van der Waals surface area contributed by atoms with Crippen LogP contribution in [0.25, 0.3) is 87.6 Å². The van der Waals surface area contributed by atoms with Gasteiger partial charge in [0.25, 0.3) is 0 Å². The van der Waals surface area contributed by atoms with Gasteiger partial charge in [0, 0.05) is 27.4 Å². The van der Waals surface area contributed by atoms with Crippen LogP contribution in [0.4, 0.5) is 17.1 Å². The summed E-state index contributed by atoms with van der Waals surface area (Å²) in [6.07, 6.45) is 0. The predicted molar refractivity (Wildman–Crippen MR) is 249 cm³/mol. The summed E-state index contributed by atoms with van der Waals surface area (Å²) < 4.78 is 6.19. The average molecular weight is 754 g/mol. The number of para-hydroxylation sites is 1. The Bertz CT molecular complexity index is 3480. The first-order chi connectivity index (χ1) is 29.0. The Morgan fingerprint density at radius 3 is 1.83 bits per heavy atom. The smallest absolute Gasteiger partial charge is 0.135 e. The molecule has 0 aliphatic heterocycles. The molecule has 0 N–H and O–H groups in total. The van der Waals surface area contributed by atoms with Crippen molar-refractivity contribution in [2.45, 2.75) is 19.3 Å². The normalized spacial score (nSPS) is 13.1. The number of benzene rings is 10. The van der Waals surface area contributed by atoms with E-state index in [-0.39, 0.29) is 5.41 Å². The summed E-state index contributed by atoms with van der Waals surface area (Å²) in [6, 6.07) is 73.5. The van der Waals surface area contributed by atoms with Gasteiger partial charge in [-0.15, -0.1) is 0 Å². The van der Waals surface area contributed by atoms with E-state index in [0.29, 0.717) is 0 Å². The van der Waals surface area contributed by atoms with Crippen LogP contribution in [0, 0.1) is 0 Å². The lowest BCUT2D eigenvalue weighted by atomic mass is 9.80. The first-order valence-electron chi connectivity index (χ1n) is 20.5. The molecular weight excluding hydrogens is 715 g/mol. The lowest BCUT2D eigenvalue weighted by molar-refractivity contribution is 0.661. The van der Waals surface area contributed by atoms with E-state index < -0.39 is 0 Å². The molecule has 0 saturated carbocycles. The van der Waals surface area contributed by atoms with Crippen molar-refractivity contribution in [2.75, 3.05) is 4.90 Å². The highest BCUT2D eigenvalue weighted by atomic mass is 16.3. The minimum Gasteiger partial charge on any atom is -0.456 e. The van der Waals surface area contributed by atoms with Crippen molar-refractivity contribution in [3.8, 4) is 33.4 Å². The molecule has 0 amide bonds. The second kappa shape index (κ2) is 12.8. The Kier molecular flexibility index (Phi) is 7.31. The van der Waals surface area contributed by atoms with E-state index in [0.717, 1.165) is 44.4 Å². The Morgan fingerprint density at radius 2 is 1.02 bits per heavy atom. The number of hydrogen-bond donors (Lipinski definition) is 0. The molecule has 0 saturated heterocycles. The molecule has 1 aliphatic carbocycles. The van der Waals surface area contributed by atoms with Crippen molar-refractivity contribution in [1.82, 2.24) is 0 Å². The molecule has 0 fully saturated rings. The summed E-state index contributed by atoms with van der Waals surface area (Å²) in [5.74, 6) is 0. The fraction of sp³-hybridized carbons (Fsp3) is 0.0526. The third kappa shape index (κ3) is 5.20. The standard InChI is InChI=1S/C57H39NO/c1-57(2)50-35-41-16-6-5-15-40(41)33-48(50)47-19-11-20-52(56(47)57)58(44-28-24-37(25-29-44)42-27-31-54-49(34-42)46-18-9-10-21-53(46)59-54)51-30-26-38-13-7-8-17-45(38)55(51)43-23-22-36-12-3-4-14-39(36)32-43/h3-35H,1-2H3. The molecule has 0 bridgehead atoms. The Balaban J connectivity index is 1.10. The SMILES string of the molecule is CC1(C)c2cc3ccccc3cc2-c2cccc(N(c3ccc(-c4ccc5oc6ccccc6c5c4)cc3)c3ccc4ccccc4c3-c3ccc4ccccc4c3)c21. The summed E-state index contributed by atoms with van der Waals surface area (Å²) >= 11 is 0. The molecule has 278 valence electrons. The molecule has 1 aromatic heterocycles. The zero-order chi connectivity index (χ0) is 39.2. The van der Waals surface area contributed by atoms with Gasteiger partial charge in [-0.25, -0.2) is 0 Å². The molecule has 0 unspecified atom stereocenters. The maximum atomic E-state index is 6.19. The molecule has 0 atom stereocenters. The van der Waals surface area contributed by atoms with Gasteiger partial charge in [-0.2, -0.15) is 0 Å². The first-order valence-corrected chi connectivity index (χ1v) is 20.5. The number of rotatable bonds is 5. The van der Waals surface area contributed by atoms with E-state index in [9.17, 15) is 0 Å². The van der Waals surface area contributed by atoms with Crippen molar-refractivity contribution in [3.63, 3.8) is 0 Å². The number of fused-ring (bicyclic) bond motifs is 9. The van der Waals surface area contributed by atoms with Crippen molar-refractivity contribution in [1.29, 1.82) is 0 Å². The van der Waals surface area contributed by atoms with Crippen LogP contribution >= 0.6 is 0 Å². The van der Waals surface area contributed by atoms with E-state index in [1.165, 1.54) is 71.4 Å². The zero-order valence-electron chi connectivity index (χ0n) is 32.9. The molecule has 10 aromatic carbocycles. The third-order valence-electron chi connectivity index (χ3n) is 12.8. The Hall–Kier alpha value is -7.42. The van der Waals surface area contributed by atoms with Gasteiger partial charge >= 0.3 is 0 Å². The Labute approximate surface area is 343 Å². The number of furan rings is 1. The second-order valence-corrected chi connectivity index (χ2v) is 16.5. The molecule has 12 rings (SSSR count). The Morgan fingerprint density at radius 1 is 0.390 bits per heavy atom. The molecular formula is C57H39NO. The minimum atomic E-state index is -0.258. The van der Waals surface area contributed by atoms with E-state index in [1.807, 2.05) is 12.1 Å². The average Bonchev–Trinajstić information content (AvgIpc) is 3.77. The van der Waals surface area contributed by atoms with E-state index >= 15 is 0 Å². The largest absolute Gasteiger partial charge is 0.456 e. The minimum absolute atomic E-state index is 0.258. The monoisotopic (exact) mass is 753 g/mol. The van der Waals surface area contributed by atoms with E-state index in [1.54, 1.807) is 0 Å². The molecule has 11 aromatic rings. The molecule has 1 heterocycles. The van der Waals surface area contributed by atoms with Gasteiger partial charge in [0.1, 0.15) is 11.2 Å². The van der Waals surface area contributed by atoms with Gasteiger partial charge in [0.05, 0.1) is 11.4 Å². The quantitative estimate of drug-likeness (QED) is 0.174. The number of nitrogens with zero attached hydrogens (tertiary/aromatic N) is 1. The predicted octanol–water partition coefficient (Wildman–Crippen LogP) is 16.2. The van der Waals surface area contributed by atoms with Gasteiger partial charge in [-0.05, 0) is 132 Å². The summed E-state index contributed by atoms with van der Waals surface area (Å²) in [6.45, 7) is 4.80. The number of anilines is 3. The highest BCUT2D eigenvalue weighted by Gasteiger charge is 2.39. The molecule has 2 nitrogen and oxygen atoms in total. The second-order valence-electron chi connectivity index (χ2n) is 16.5. The van der Waals surface area contributed by atoms with Gasteiger partial charge < -0.3 is 9.32 Å². The summed E-state index contributed by atoms with van der Waals surface area (Å²) in [7, 11) is 0. The molecule has 0 radical (unpaired) electrons. The van der Waals surface area contributed by atoms with Gasteiger partial charge in [0.2, 0.25) is 0 Å². The van der Waals surface area contributed by atoms with Crippen molar-refractivity contribution in [3.05, 3.63) is 211 Å². The first kappa shape index (κ1) is 33.7. The van der Waals surface area contributed by atoms with Crippen LogP contribution in [0.3, 0.4) is 0 Å². The van der Waals surface area contributed by atoms with Crippen LogP contribution in [0.2, 0.25) is 0 Å². The fourth-order valence-electron chi connectivity index (χ4n) is 9.93. The van der Waals surface area contributed by atoms with Crippen LogP contribution in [-0.2, 0) is 5.41 Å². The van der Waals surface area contributed by atoms with Crippen LogP contribution in [0.15, 0.2) is 205 Å². The van der Waals surface area contributed by atoms with E-state index in [2.05, 4.69) is 207 Å². The highest BCUT2D eigenvalue weighted by Crippen LogP contribution is 2.56.